The highest BCUT2D eigenvalue weighted by Crippen LogP contribution is 2.42. The van der Waals surface area contributed by atoms with Gasteiger partial charge in [0.05, 0.1) is 19.6 Å². The van der Waals surface area contributed by atoms with Gasteiger partial charge in [-0.1, -0.05) is 12.1 Å². The molecule has 2 fully saturated rings. The Morgan fingerprint density at radius 1 is 1.25 bits per heavy atom. The Bertz CT molecular complexity index is 386. The summed E-state index contributed by atoms with van der Waals surface area (Å²) in [6, 6.07) is 7.89. The third-order valence-electron chi connectivity index (χ3n) is 4.53. The van der Waals surface area contributed by atoms with Crippen molar-refractivity contribution >= 4 is 0 Å². The van der Waals surface area contributed by atoms with Crippen LogP contribution in [-0.2, 0) is 6.54 Å². The van der Waals surface area contributed by atoms with Crippen molar-refractivity contribution in [2.24, 2.45) is 5.92 Å². The summed E-state index contributed by atoms with van der Waals surface area (Å²) in [6.45, 7) is 2.39. The third-order valence-corrected chi connectivity index (χ3v) is 4.53. The topological polar surface area (TPSA) is 0 Å². The summed E-state index contributed by atoms with van der Waals surface area (Å²) in [5, 5.41) is 0. The Kier molecular flexibility index (Phi) is 2.28. The highest BCUT2D eigenvalue weighted by molar-refractivity contribution is 5.15. The Labute approximate surface area is 96.5 Å². The molecule has 0 radical (unpaired) electrons. The maximum Gasteiger partial charge on any atom is 0.123 e. The highest BCUT2D eigenvalue weighted by atomic mass is 19.1. The molecule has 0 amide bonds. The predicted molar refractivity (Wildman–Crippen MR) is 62.3 cm³/mol. The van der Waals surface area contributed by atoms with Crippen molar-refractivity contribution in [1.82, 2.24) is 0 Å². The number of benzene rings is 1. The molecule has 3 atom stereocenters. The van der Waals surface area contributed by atoms with Crippen molar-refractivity contribution in [1.29, 1.82) is 0 Å². The standard InChI is InChI=1S/C14H19FN/c1-16(10-12-4-7-14(16)8-12)9-11-2-5-13(15)6-3-11/h2-3,5-6,12,14H,4,7-10H2,1H3/q+1/t12?,14-,16?/m0/s1. The van der Waals surface area contributed by atoms with Crippen LogP contribution in [0.25, 0.3) is 0 Å². The van der Waals surface area contributed by atoms with Crippen molar-refractivity contribution in [3.05, 3.63) is 35.6 Å². The van der Waals surface area contributed by atoms with E-state index in [0.29, 0.717) is 0 Å². The molecule has 16 heavy (non-hydrogen) atoms. The maximum atomic E-state index is 12.8. The van der Waals surface area contributed by atoms with Crippen molar-refractivity contribution in [2.75, 3.05) is 13.6 Å². The van der Waals surface area contributed by atoms with Crippen LogP contribution in [0.1, 0.15) is 24.8 Å². The second-order valence-corrected chi connectivity index (χ2v) is 5.78. The molecule has 0 N–H and O–H groups in total. The summed E-state index contributed by atoms with van der Waals surface area (Å²) in [5.74, 6) is 0.824. The smallest absolute Gasteiger partial charge is 0.123 e. The lowest BCUT2D eigenvalue weighted by atomic mass is 10.1. The third kappa shape index (κ3) is 1.65. The van der Waals surface area contributed by atoms with Crippen LogP contribution in [0, 0.1) is 11.7 Å². The van der Waals surface area contributed by atoms with E-state index >= 15 is 0 Å². The quantitative estimate of drug-likeness (QED) is 0.672. The zero-order chi connectivity index (χ0) is 11.2. The second kappa shape index (κ2) is 3.56. The number of rotatable bonds is 2. The zero-order valence-corrected chi connectivity index (χ0v) is 9.82. The average Bonchev–Trinajstić information content (AvgIpc) is 2.81. The zero-order valence-electron chi connectivity index (χ0n) is 9.82. The molecule has 1 aromatic carbocycles. The highest BCUT2D eigenvalue weighted by Gasteiger charge is 2.48. The Morgan fingerprint density at radius 2 is 2.00 bits per heavy atom. The fourth-order valence-electron chi connectivity index (χ4n) is 3.72. The van der Waals surface area contributed by atoms with Gasteiger partial charge in [0.15, 0.2) is 0 Å². The molecule has 1 saturated heterocycles. The van der Waals surface area contributed by atoms with E-state index in [4.69, 9.17) is 0 Å². The van der Waals surface area contributed by atoms with Crippen LogP contribution in [0.4, 0.5) is 4.39 Å². The van der Waals surface area contributed by atoms with E-state index in [0.717, 1.165) is 18.5 Å². The summed E-state index contributed by atoms with van der Waals surface area (Å²) >= 11 is 0. The van der Waals surface area contributed by atoms with Gasteiger partial charge >= 0.3 is 0 Å². The Morgan fingerprint density at radius 3 is 2.56 bits per heavy atom. The van der Waals surface area contributed by atoms with E-state index in [-0.39, 0.29) is 5.82 Å². The largest absolute Gasteiger partial charge is 0.320 e. The van der Waals surface area contributed by atoms with Crippen LogP contribution < -0.4 is 0 Å². The van der Waals surface area contributed by atoms with E-state index in [1.165, 1.54) is 35.9 Å². The van der Waals surface area contributed by atoms with Crippen molar-refractivity contribution in [3.8, 4) is 0 Å². The molecule has 1 heterocycles. The maximum absolute atomic E-state index is 12.8. The first-order valence-corrected chi connectivity index (χ1v) is 6.24. The summed E-state index contributed by atoms with van der Waals surface area (Å²) < 4.78 is 14.0. The van der Waals surface area contributed by atoms with Crippen LogP contribution in [0.15, 0.2) is 24.3 Å². The van der Waals surface area contributed by atoms with Gasteiger partial charge in [0.1, 0.15) is 12.4 Å². The van der Waals surface area contributed by atoms with Crippen LogP contribution in [0.2, 0.25) is 0 Å². The summed E-state index contributed by atoms with van der Waals surface area (Å²) in [5.41, 5.74) is 1.27. The molecule has 1 nitrogen and oxygen atoms in total. The molecule has 1 aromatic rings. The van der Waals surface area contributed by atoms with Crippen LogP contribution >= 0.6 is 0 Å². The number of hydrogen-bond acceptors (Lipinski definition) is 0. The number of piperidine rings is 1. The molecule has 3 rings (SSSR count). The minimum absolute atomic E-state index is 0.130. The monoisotopic (exact) mass is 220 g/mol. The lowest BCUT2D eigenvalue weighted by Crippen LogP contribution is -2.49. The van der Waals surface area contributed by atoms with Gasteiger partial charge in [0, 0.05) is 17.9 Å². The predicted octanol–water partition coefficient (Wildman–Crippen LogP) is 2.95. The van der Waals surface area contributed by atoms with E-state index in [9.17, 15) is 4.39 Å². The summed E-state index contributed by atoms with van der Waals surface area (Å²) in [4.78, 5) is 0. The van der Waals surface area contributed by atoms with Gasteiger partial charge in [-0.25, -0.2) is 4.39 Å². The molecule has 1 aliphatic heterocycles. The van der Waals surface area contributed by atoms with Gasteiger partial charge in [-0.05, 0) is 25.0 Å². The van der Waals surface area contributed by atoms with Gasteiger partial charge < -0.3 is 4.48 Å². The molecule has 0 spiro atoms. The molecule has 2 heteroatoms. The molecule has 0 aromatic heterocycles. The van der Waals surface area contributed by atoms with E-state index < -0.39 is 0 Å². The lowest BCUT2D eigenvalue weighted by Gasteiger charge is -2.38. The molecule has 2 aliphatic rings. The molecular weight excluding hydrogens is 201 g/mol. The lowest BCUT2D eigenvalue weighted by molar-refractivity contribution is -0.938. The van der Waals surface area contributed by atoms with Gasteiger partial charge in [-0.3, -0.25) is 0 Å². The van der Waals surface area contributed by atoms with Crippen LogP contribution in [0.3, 0.4) is 0 Å². The summed E-state index contributed by atoms with van der Waals surface area (Å²) in [6.07, 6.45) is 4.24. The minimum Gasteiger partial charge on any atom is -0.320 e. The van der Waals surface area contributed by atoms with Crippen molar-refractivity contribution in [2.45, 2.75) is 31.8 Å². The number of likely N-dealkylation sites (tertiary alicyclic amines) is 1. The average molecular weight is 220 g/mol. The molecule has 1 saturated carbocycles. The Balaban J connectivity index is 1.77. The fraction of sp³-hybridized carbons (Fsp3) is 0.571. The van der Waals surface area contributed by atoms with Gasteiger partial charge in [0.25, 0.3) is 0 Å². The molecule has 1 aliphatic carbocycles. The number of fused-ring (bicyclic) bond motifs is 2. The van der Waals surface area contributed by atoms with Crippen LogP contribution in [0.5, 0.6) is 0 Å². The van der Waals surface area contributed by atoms with Crippen molar-refractivity contribution < 1.29 is 8.87 Å². The van der Waals surface area contributed by atoms with E-state index in [1.54, 1.807) is 12.1 Å². The minimum atomic E-state index is -0.130. The SMILES string of the molecule is C[N+]1(Cc2ccc(F)cc2)CC2CC[C@H]1C2. The number of quaternary nitrogens is 1. The normalized spacial score (nSPS) is 36.9. The fourth-order valence-corrected chi connectivity index (χ4v) is 3.72. The molecule has 2 bridgehead atoms. The van der Waals surface area contributed by atoms with Gasteiger partial charge in [0.2, 0.25) is 0 Å². The summed E-state index contributed by atoms with van der Waals surface area (Å²) in [7, 11) is 2.37. The van der Waals surface area contributed by atoms with Crippen LogP contribution in [-0.4, -0.2) is 24.1 Å². The number of nitrogens with zero attached hydrogens (tertiary/aromatic N) is 1. The molecule has 2 unspecified atom stereocenters. The second-order valence-electron chi connectivity index (χ2n) is 5.78. The molecule has 86 valence electrons. The van der Waals surface area contributed by atoms with Gasteiger partial charge in [-0.15, -0.1) is 0 Å². The molecular formula is C14H19FN+. The Hall–Kier alpha value is -0.890. The number of hydrogen-bond donors (Lipinski definition) is 0. The first-order valence-electron chi connectivity index (χ1n) is 6.24. The number of halogens is 1. The van der Waals surface area contributed by atoms with Crippen molar-refractivity contribution in [3.63, 3.8) is 0 Å². The van der Waals surface area contributed by atoms with Gasteiger partial charge in [-0.2, -0.15) is 0 Å². The first kappa shape index (κ1) is 10.3. The van der Waals surface area contributed by atoms with E-state index in [1.807, 2.05) is 12.1 Å². The first-order chi connectivity index (χ1) is 7.66. The van der Waals surface area contributed by atoms with E-state index in [2.05, 4.69) is 7.05 Å².